The normalized spacial score (nSPS) is 10.3. The molecule has 0 unspecified atom stereocenters. The van der Waals surface area contributed by atoms with Crippen LogP contribution in [0, 0.1) is 6.92 Å². The van der Waals surface area contributed by atoms with Crippen LogP contribution >= 0.6 is 11.6 Å². The number of amides is 1. The number of rotatable bonds is 6. The van der Waals surface area contributed by atoms with E-state index in [1.165, 1.54) is 7.11 Å². The van der Waals surface area contributed by atoms with Crippen molar-refractivity contribution in [3.8, 4) is 11.6 Å². The summed E-state index contributed by atoms with van der Waals surface area (Å²) in [4.78, 5) is 21.0. The number of hydrogen-bond acceptors (Lipinski definition) is 6. The summed E-state index contributed by atoms with van der Waals surface area (Å²) in [6, 6.07) is 13.8. The fraction of sp³-hybridized carbons (Fsp3) is 0.150. The number of aromatic nitrogens is 2. The van der Waals surface area contributed by atoms with E-state index in [0.29, 0.717) is 39.5 Å². The minimum atomic E-state index is -0.309. The maximum atomic E-state index is 12.5. The van der Waals surface area contributed by atoms with Crippen LogP contribution in [-0.4, -0.2) is 30.1 Å². The number of aryl methyl sites for hydroxylation is 1. The van der Waals surface area contributed by atoms with Crippen LogP contribution < -0.4 is 20.1 Å². The number of nitrogens with zero attached hydrogens (tertiary/aromatic N) is 2. The van der Waals surface area contributed by atoms with Crippen LogP contribution in [-0.2, 0) is 0 Å². The zero-order chi connectivity index (χ0) is 20.1. The zero-order valence-corrected chi connectivity index (χ0v) is 16.4. The minimum Gasteiger partial charge on any atom is -0.496 e. The van der Waals surface area contributed by atoms with E-state index in [4.69, 9.17) is 21.1 Å². The predicted molar refractivity (Wildman–Crippen MR) is 109 cm³/mol. The number of halogens is 1. The van der Waals surface area contributed by atoms with Crippen LogP contribution in [0.25, 0.3) is 0 Å². The molecule has 7 nitrogen and oxygen atoms in total. The first-order chi connectivity index (χ1) is 13.5. The van der Waals surface area contributed by atoms with E-state index in [0.717, 1.165) is 5.69 Å². The Bertz CT molecular complexity index is 993. The second kappa shape index (κ2) is 8.58. The van der Waals surface area contributed by atoms with E-state index in [1.54, 1.807) is 50.4 Å². The van der Waals surface area contributed by atoms with Crippen molar-refractivity contribution >= 4 is 34.7 Å². The Morgan fingerprint density at radius 3 is 2.36 bits per heavy atom. The van der Waals surface area contributed by atoms with Crippen LogP contribution in [0.3, 0.4) is 0 Å². The first kappa shape index (κ1) is 19.4. The Morgan fingerprint density at radius 2 is 1.68 bits per heavy atom. The second-order valence-electron chi connectivity index (χ2n) is 5.84. The van der Waals surface area contributed by atoms with Crippen molar-refractivity contribution in [3.05, 3.63) is 64.9 Å². The Balaban J connectivity index is 1.72. The van der Waals surface area contributed by atoms with Gasteiger partial charge in [0.05, 0.1) is 19.8 Å². The van der Waals surface area contributed by atoms with Crippen molar-refractivity contribution in [3.63, 3.8) is 0 Å². The van der Waals surface area contributed by atoms with Crippen molar-refractivity contribution in [1.29, 1.82) is 0 Å². The van der Waals surface area contributed by atoms with E-state index in [2.05, 4.69) is 20.6 Å². The number of hydrogen-bond donors (Lipinski definition) is 2. The van der Waals surface area contributed by atoms with Crippen molar-refractivity contribution in [2.45, 2.75) is 6.92 Å². The van der Waals surface area contributed by atoms with Gasteiger partial charge < -0.3 is 20.1 Å². The zero-order valence-electron chi connectivity index (χ0n) is 15.6. The van der Waals surface area contributed by atoms with E-state index < -0.39 is 0 Å². The van der Waals surface area contributed by atoms with Gasteiger partial charge in [-0.3, -0.25) is 4.79 Å². The van der Waals surface area contributed by atoms with E-state index in [9.17, 15) is 4.79 Å². The number of carbonyl (C=O) groups is 1. The molecule has 2 aromatic carbocycles. The number of nitrogens with one attached hydrogen (secondary N) is 2. The lowest BCUT2D eigenvalue weighted by Crippen LogP contribution is -2.13. The third-order valence-electron chi connectivity index (χ3n) is 3.84. The summed E-state index contributed by atoms with van der Waals surface area (Å²) in [5.41, 5.74) is 1.80. The fourth-order valence-corrected chi connectivity index (χ4v) is 2.72. The first-order valence-electron chi connectivity index (χ1n) is 8.40. The molecule has 144 valence electrons. The Morgan fingerprint density at radius 1 is 0.964 bits per heavy atom. The van der Waals surface area contributed by atoms with Crippen molar-refractivity contribution in [2.75, 3.05) is 24.9 Å². The van der Waals surface area contributed by atoms with Gasteiger partial charge in [-0.2, -0.15) is 4.98 Å². The molecule has 1 heterocycles. The quantitative estimate of drug-likeness (QED) is 0.638. The molecule has 8 heteroatoms. The molecule has 0 spiro atoms. The van der Waals surface area contributed by atoms with E-state index in [1.807, 2.05) is 12.1 Å². The molecule has 0 aliphatic carbocycles. The number of anilines is 3. The Hall–Kier alpha value is -3.32. The summed E-state index contributed by atoms with van der Waals surface area (Å²) in [5, 5.41) is 6.46. The second-order valence-corrected chi connectivity index (χ2v) is 6.28. The molecule has 0 bridgehead atoms. The maximum absolute atomic E-state index is 12.5. The van der Waals surface area contributed by atoms with Crippen LogP contribution in [0.1, 0.15) is 16.2 Å². The van der Waals surface area contributed by atoms with E-state index in [-0.39, 0.29) is 5.91 Å². The Labute approximate surface area is 167 Å². The van der Waals surface area contributed by atoms with E-state index >= 15 is 0 Å². The summed E-state index contributed by atoms with van der Waals surface area (Å²) < 4.78 is 10.4. The molecule has 0 atom stereocenters. The molecule has 0 aliphatic rings. The van der Waals surface area contributed by atoms with Gasteiger partial charge >= 0.3 is 0 Å². The average Bonchev–Trinajstić information content (AvgIpc) is 2.69. The molecule has 0 saturated carbocycles. The summed E-state index contributed by atoms with van der Waals surface area (Å²) in [7, 11) is 3.06. The Kier molecular flexibility index (Phi) is 5.96. The number of benzene rings is 2. The molecule has 1 amide bonds. The molecule has 28 heavy (non-hydrogen) atoms. The molecule has 0 radical (unpaired) electrons. The summed E-state index contributed by atoms with van der Waals surface area (Å²) in [6.07, 6.45) is 0. The van der Waals surface area contributed by atoms with Crippen molar-refractivity contribution in [1.82, 2.24) is 9.97 Å². The highest BCUT2D eigenvalue weighted by atomic mass is 35.5. The standard InChI is InChI=1S/C20H19ClN4O3/c1-12-22-18(11-19(23-12)28-3)24-14-5-7-15(8-6-14)25-20(26)16-10-13(21)4-9-17(16)27-2/h4-11H,1-3H3,(H,25,26)(H,22,23,24). The number of carbonyl (C=O) groups excluding carboxylic acids is 1. The maximum Gasteiger partial charge on any atom is 0.259 e. The average molecular weight is 399 g/mol. The van der Waals surface area contributed by atoms with Crippen LogP contribution in [0.5, 0.6) is 11.6 Å². The largest absolute Gasteiger partial charge is 0.496 e. The molecule has 2 N–H and O–H groups in total. The van der Waals surface area contributed by atoms with Gasteiger partial charge in [0.1, 0.15) is 17.4 Å². The number of methoxy groups -OCH3 is 2. The monoisotopic (exact) mass is 398 g/mol. The minimum absolute atomic E-state index is 0.309. The highest BCUT2D eigenvalue weighted by molar-refractivity contribution is 6.31. The SMILES string of the molecule is COc1cc(Nc2ccc(NC(=O)c3cc(Cl)ccc3OC)cc2)nc(C)n1. The summed E-state index contributed by atoms with van der Waals surface area (Å²) in [6.45, 7) is 1.79. The van der Waals surface area contributed by atoms with Crippen molar-refractivity contribution < 1.29 is 14.3 Å². The van der Waals surface area contributed by atoms with Gasteiger partial charge in [-0.1, -0.05) is 11.6 Å². The highest BCUT2D eigenvalue weighted by Crippen LogP contribution is 2.25. The first-order valence-corrected chi connectivity index (χ1v) is 8.78. The molecule has 0 saturated heterocycles. The summed E-state index contributed by atoms with van der Waals surface area (Å²) >= 11 is 5.99. The van der Waals surface area contributed by atoms with Crippen LogP contribution in [0.2, 0.25) is 5.02 Å². The molecule has 0 aliphatic heterocycles. The van der Waals surface area contributed by atoms with Gasteiger partial charge in [0.15, 0.2) is 0 Å². The number of ether oxygens (including phenoxy) is 2. The van der Waals surface area contributed by atoms with Crippen LogP contribution in [0.4, 0.5) is 17.2 Å². The molecular formula is C20H19ClN4O3. The predicted octanol–water partition coefficient (Wildman–Crippen LogP) is 4.45. The summed E-state index contributed by atoms with van der Waals surface area (Å²) in [5.74, 6) is 1.84. The highest BCUT2D eigenvalue weighted by Gasteiger charge is 2.13. The molecular weight excluding hydrogens is 380 g/mol. The lowest BCUT2D eigenvalue weighted by Gasteiger charge is -2.11. The third kappa shape index (κ3) is 4.69. The smallest absolute Gasteiger partial charge is 0.259 e. The van der Waals surface area contributed by atoms with Gasteiger partial charge in [-0.25, -0.2) is 4.98 Å². The van der Waals surface area contributed by atoms with Gasteiger partial charge in [-0.05, 0) is 49.4 Å². The lowest BCUT2D eigenvalue weighted by atomic mass is 10.1. The molecule has 1 aromatic heterocycles. The third-order valence-corrected chi connectivity index (χ3v) is 4.08. The molecule has 0 fully saturated rings. The topological polar surface area (TPSA) is 85.4 Å². The fourth-order valence-electron chi connectivity index (χ4n) is 2.55. The van der Waals surface area contributed by atoms with Crippen LogP contribution in [0.15, 0.2) is 48.5 Å². The van der Waals surface area contributed by atoms with Gasteiger partial charge in [0, 0.05) is 22.5 Å². The lowest BCUT2D eigenvalue weighted by molar-refractivity contribution is 0.102. The van der Waals surface area contributed by atoms with Gasteiger partial charge in [0.2, 0.25) is 5.88 Å². The molecule has 3 rings (SSSR count). The molecule has 3 aromatic rings. The van der Waals surface area contributed by atoms with Crippen molar-refractivity contribution in [2.24, 2.45) is 0 Å². The van der Waals surface area contributed by atoms with Gasteiger partial charge in [-0.15, -0.1) is 0 Å². The van der Waals surface area contributed by atoms with Gasteiger partial charge in [0.25, 0.3) is 5.91 Å².